The lowest BCUT2D eigenvalue weighted by atomic mass is 10.0. The van der Waals surface area contributed by atoms with Gasteiger partial charge in [0, 0.05) is 16.6 Å². The summed E-state index contributed by atoms with van der Waals surface area (Å²) in [7, 11) is 1.88. The highest BCUT2D eigenvalue weighted by Crippen LogP contribution is 2.38. The molecule has 0 amide bonds. The van der Waals surface area contributed by atoms with Crippen molar-refractivity contribution in [3.05, 3.63) is 34.6 Å². The Kier molecular flexibility index (Phi) is 3.27. The summed E-state index contributed by atoms with van der Waals surface area (Å²) in [6, 6.07) is 5.03. The van der Waals surface area contributed by atoms with Crippen LogP contribution in [0, 0.1) is 11.7 Å². The third-order valence-electron chi connectivity index (χ3n) is 2.95. The van der Waals surface area contributed by atoms with Gasteiger partial charge in [0.2, 0.25) is 0 Å². The second-order valence-corrected chi connectivity index (χ2v) is 4.62. The van der Waals surface area contributed by atoms with Crippen LogP contribution in [0.25, 0.3) is 0 Å². The lowest BCUT2D eigenvalue weighted by molar-refractivity contribution is 0.485. The van der Waals surface area contributed by atoms with Crippen molar-refractivity contribution in [2.45, 2.75) is 25.3 Å². The molecule has 1 aromatic rings. The summed E-state index contributed by atoms with van der Waals surface area (Å²) in [6.07, 6.45) is 3.59. The van der Waals surface area contributed by atoms with Gasteiger partial charge in [0.15, 0.2) is 0 Å². The molecule has 2 rings (SSSR count). The van der Waals surface area contributed by atoms with Crippen LogP contribution in [-0.2, 0) is 0 Å². The van der Waals surface area contributed by atoms with E-state index in [4.69, 9.17) is 11.6 Å². The van der Waals surface area contributed by atoms with Crippen LogP contribution in [0.15, 0.2) is 18.2 Å². The highest BCUT2D eigenvalue weighted by molar-refractivity contribution is 6.30. The van der Waals surface area contributed by atoms with Crippen LogP contribution in [0.2, 0.25) is 5.02 Å². The van der Waals surface area contributed by atoms with Crippen molar-refractivity contribution in [1.29, 1.82) is 0 Å². The highest BCUT2D eigenvalue weighted by Gasteiger charge is 2.26. The van der Waals surface area contributed by atoms with Crippen LogP contribution < -0.4 is 5.32 Å². The molecule has 0 bridgehead atoms. The smallest absolute Gasteiger partial charge is 0.129 e. The third kappa shape index (κ3) is 2.70. The van der Waals surface area contributed by atoms with E-state index >= 15 is 0 Å². The molecule has 1 aliphatic carbocycles. The zero-order chi connectivity index (χ0) is 10.8. The Bertz CT molecular complexity index is 349. The standard InChI is InChI=1S/C12H15ClFN/c1-15-12(6-8-2-3-8)10-5-4-9(13)7-11(10)14/h4-5,7-8,12,15H,2-3,6H2,1H3. The van der Waals surface area contributed by atoms with Crippen LogP contribution in [-0.4, -0.2) is 7.05 Å². The summed E-state index contributed by atoms with van der Waals surface area (Å²) in [5.41, 5.74) is 0.730. The quantitative estimate of drug-likeness (QED) is 0.830. The second kappa shape index (κ2) is 4.50. The molecule has 1 aliphatic rings. The van der Waals surface area contributed by atoms with E-state index in [0.717, 1.165) is 17.9 Å². The summed E-state index contributed by atoms with van der Waals surface area (Å²) in [5, 5.41) is 3.62. The van der Waals surface area contributed by atoms with E-state index in [1.165, 1.54) is 18.9 Å². The maximum atomic E-state index is 13.6. The molecule has 1 fully saturated rings. The summed E-state index contributed by atoms with van der Waals surface area (Å²) in [5.74, 6) is 0.569. The van der Waals surface area contributed by atoms with E-state index in [-0.39, 0.29) is 11.9 Å². The van der Waals surface area contributed by atoms with E-state index < -0.39 is 0 Å². The molecule has 15 heavy (non-hydrogen) atoms. The van der Waals surface area contributed by atoms with Crippen LogP contribution >= 0.6 is 11.6 Å². The monoisotopic (exact) mass is 227 g/mol. The molecule has 1 aromatic carbocycles. The van der Waals surface area contributed by atoms with Crippen LogP contribution in [0.3, 0.4) is 0 Å². The molecule has 1 atom stereocenters. The minimum atomic E-state index is -0.206. The highest BCUT2D eigenvalue weighted by atomic mass is 35.5. The van der Waals surface area contributed by atoms with Crippen molar-refractivity contribution < 1.29 is 4.39 Å². The van der Waals surface area contributed by atoms with Gasteiger partial charge in [-0.15, -0.1) is 0 Å². The molecule has 1 nitrogen and oxygen atoms in total. The molecule has 0 saturated heterocycles. The Morgan fingerprint density at radius 1 is 1.53 bits per heavy atom. The number of hydrogen-bond donors (Lipinski definition) is 1. The number of nitrogens with one attached hydrogen (secondary N) is 1. The van der Waals surface area contributed by atoms with Gasteiger partial charge in [0.1, 0.15) is 5.82 Å². The fourth-order valence-corrected chi connectivity index (χ4v) is 2.03. The average molecular weight is 228 g/mol. The van der Waals surface area contributed by atoms with Gasteiger partial charge in [0.25, 0.3) is 0 Å². The van der Waals surface area contributed by atoms with Gasteiger partial charge >= 0.3 is 0 Å². The fourth-order valence-electron chi connectivity index (χ4n) is 1.87. The minimum Gasteiger partial charge on any atom is -0.313 e. The first-order valence-electron chi connectivity index (χ1n) is 5.33. The minimum absolute atomic E-state index is 0.120. The summed E-state index contributed by atoms with van der Waals surface area (Å²) in [4.78, 5) is 0. The molecule has 1 saturated carbocycles. The van der Waals surface area contributed by atoms with Gasteiger partial charge in [-0.25, -0.2) is 4.39 Å². The van der Waals surface area contributed by atoms with Crippen molar-refractivity contribution >= 4 is 11.6 Å². The molecule has 0 radical (unpaired) electrons. The fraction of sp³-hybridized carbons (Fsp3) is 0.500. The van der Waals surface area contributed by atoms with Gasteiger partial charge in [0.05, 0.1) is 0 Å². The van der Waals surface area contributed by atoms with Crippen molar-refractivity contribution in [2.75, 3.05) is 7.05 Å². The number of halogens is 2. The van der Waals surface area contributed by atoms with Crippen LogP contribution in [0.1, 0.15) is 30.9 Å². The Morgan fingerprint density at radius 2 is 2.27 bits per heavy atom. The Labute approximate surface area is 94.6 Å². The Morgan fingerprint density at radius 3 is 2.80 bits per heavy atom. The topological polar surface area (TPSA) is 12.0 Å². The number of benzene rings is 1. The zero-order valence-electron chi connectivity index (χ0n) is 8.76. The van der Waals surface area contributed by atoms with Gasteiger partial charge in [-0.05, 0) is 31.5 Å². The van der Waals surface area contributed by atoms with E-state index in [1.807, 2.05) is 7.05 Å². The molecule has 1 unspecified atom stereocenters. The SMILES string of the molecule is CNC(CC1CC1)c1ccc(Cl)cc1F. The van der Waals surface area contributed by atoms with Gasteiger partial charge in [-0.2, -0.15) is 0 Å². The van der Waals surface area contributed by atoms with Crippen molar-refractivity contribution in [3.63, 3.8) is 0 Å². The molecule has 3 heteroatoms. The lowest BCUT2D eigenvalue weighted by Gasteiger charge is -2.17. The van der Waals surface area contributed by atoms with Gasteiger partial charge in [-0.3, -0.25) is 0 Å². The lowest BCUT2D eigenvalue weighted by Crippen LogP contribution is -2.18. The molecule has 0 aliphatic heterocycles. The van der Waals surface area contributed by atoms with Gasteiger partial charge < -0.3 is 5.32 Å². The first-order chi connectivity index (χ1) is 7.20. The maximum Gasteiger partial charge on any atom is 0.129 e. The molecule has 82 valence electrons. The summed E-state index contributed by atoms with van der Waals surface area (Å²) < 4.78 is 13.6. The van der Waals surface area contributed by atoms with Gasteiger partial charge in [-0.1, -0.05) is 30.5 Å². The Balaban J connectivity index is 2.16. The molecule has 0 heterocycles. The van der Waals surface area contributed by atoms with Crippen molar-refractivity contribution in [3.8, 4) is 0 Å². The van der Waals surface area contributed by atoms with E-state index in [1.54, 1.807) is 12.1 Å². The molecule has 0 aromatic heterocycles. The predicted octanol–water partition coefficient (Wildman–Crippen LogP) is 3.54. The van der Waals surface area contributed by atoms with Crippen LogP contribution in [0.5, 0.6) is 0 Å². The Hall–Kier alpha value is -0.600. The van der Waals surface area contributed by atoms with Crippen molar-refractivity contribution in [1.82, 2.24) is 5.32 Å². The zero-order valence-corrected chi connectivity index (χ0v) is 9.52. The first-order valence-corrected chi connectivity index (χ1v) is 5.70. The van der Waals surface area contributed by atoms with E-state index in [9.17, 15) is 4.39 Å². The average Bonchev–Trinajstić information content (AvgIpc) is 2.99. The predicted molar refractivity (Wildman–Crippen MR) is 60.6 cm³/mol. The molecular weight excluding hydrogens is 213 g/mol. The van der Waals surface area contributed by atoms with E-state index in [2.05, 4.69) is 5.32 Å². The molecular formula is C12H15ClFN. The third-order valence-corrected chi connectivity index (χ3v) is 3.19. The second-order valence-electron chi connectivity index (χ2n) is 4.19. The number of hydrogen-bond acceptors (Lipinski definition) is 1. The molecule has 0 spiro atoms. The largest absolute Gasteiger partial charge is 0.313 e. The summed E-state index contributed by atoms with van der Waals surface area (Å²) >= 11 is 5.72. The van der Waals surface area contributed by atoms with Crippen molar-refractivity contribution in [2.24, 2.45) is 5.92 Å². The number of rotatable bonds is 4. The van der Waals surface area contributed by atoms with E-state index in [0.29, 0.717) is 5.02 Å². The normalized spacial score (nSPS) is 17.8. The maximum absolute atomic E-state index is 13.6. The van der Waals surface area contributed by atoms with Crippen LogP contribution in [0.4, 0.5) is 4.39 Å². The first kappa shape index (κ1) is 10.9. The summed E-state index contributed by atoms with van der Waals surface area (Å²) in [6.45, 7) is 0. The molecule has 1 N–H and O–H groups in total.